The molecule has 116 valence electrons. The fourth-order valence-electron chi connectivity index (χ4n) is 3.76. The zero-order valence-electron chi connectivity index (χ0n) is 13.2. The molecule has 0 radical (unpaired) electrons. The Labute approximate surface area is 149 Å². The number of hydrogen-bond acceptors (Lipinski definition) is 0. The van der Waals surface area contributed by atoms with Gasteiger partial charge < -0.3 is 0 Å². The first kappa shape index (κ1) is 15.9. The van der Waals surface area contributed by atoms with E-state index in [-0.39, 0.29) is 3.12 Å². The molecule has 0 heterocycles. The topological polar surface area (TPSA) is 0 Å². The molecule has 0 N–H and O–H groups in total. The predicted molar refractivity (Wildman–Crippen MR) is 98.6 cm³/mol. The van der Waals surface area contributed by atoms with Gasteiger partial charge in [-0.2, -0.15) is 0 Å². The minimum absolute atomic E-state index is 0.188. The van der Waals surface area contributed by atoms with E-state index in [0.29, 0.717) is 0 Å². The Hall–Kier alpha value is -0.617. The van der Waals surface area contributed by atoms with Gasteiger partial charge in [-0.3, -0.25) is 0 Å². The number of allylic oxidation sites excluding steroid dienone is 5. The van der Waals surface area contributed by atoms with E-state index in [1.165, 1.54) is 30.8 Å². The third kappa shape index (κ3) is 2.36. The van der Waals surface area contributed by atoms with E-state index in [4.69, 9.17) is 17.0 Å². The van der Waals surface area contributed by atoms with Gasteiger partial charge >= 0.3 is 150 Å². The number of halogens is 2. The van der Waals surface area contributed by atoms with Gasteiger partial charge in [0.25, 0.3) is 0 Å². The standard InChI is InChI=1S/C13H9.C7H9.2ClH.Zr/c1-2-6-12-10(4-1)8-9-11-5-3-7-13(11)12;1-6-3-4-7(2)5-6;;;/h1-4,6,8-9H,5H2;3-5H,1-2H3;2*1H;/q;;;;+2/p-2. The van der Waals surface area contributed by atoms with Gasteiger partial charge in [-0.25, -0.2) is 0 Å². The molecule has 2 aromatic rings. The Morgan fingerprint density at radius 2 is 1.87 bits per heavy atom. The van der Waals surface area contributed by atoms with E-state index < -0.39 is 17.9 Å². The summed E-state index contributed by atoms with van der Waals surface area (Å²) >= 11 is -3.62. The number of rotatable bonds is 2. The van der Waals surface area contributed by atoms with Crippen molar-refractivity contribution in [3.8, 4) is 0 Å². The summed E-state index contributed by atoms with van der Waals surface area (Å²) in [5.74, 6) is 0. The molecule has 4 rings (SSSR count). The third-order valence-corrected chi connectivity index (χ3v) is 19.1. The number of fused-ring (bicyclic) bond motifs is 3. The first-order valence-electron chi connectivity index (χ1n) is 7.90. The van der Waals surface area contributed by atoms with Crippen LogP contribution < -0.4 is 0 Å². The summed E-state index contributed by atoms with van der Waals surface area (Å²) in [6, 6.07) is 13.0. The van der Waals surface area contributed by atoms with Crippen LogP contribution in [0.2, 0.25) is 3.12 Å². The summed E-state index contributed by atoms with van der Waals surface area (Å²) in [4.78, 5) is 0. The molecule has 0 saturated heterocycles. The molecule has 2 aliphatic rings. The van der Waals surface area contributed by atoms with Crippen molar-refractivity contribution in [1.82, 2.24) is 0 Å². The second-order valence-corrected chi connectivity index (χ2v) is 21.4. The SMILES string of the molecule is CC1=C[C](C)([Zr]([Cl])([Cl])[C]2=CCc3ccc4ccccc4c32)C=C1. The summed E-state index contributed by atoms with van der Waals surface area (Å²) in [6.07, 6.45) is 9.84. The average molecular weight is 420 g/mol. The zero-order chi connectivity index (χ0) is 16.2. The molecule has 23 heavy (non-hydrogen) atoms. The zero-order valence-corrected chi connectivity index (χ0v) is 17.2. The molecular weight excluding hydrogens is 402 g/mol. The molecule has 2 aromatic carbocycles. The molecule has 0 spiro atoms. The van der Waals surface area contributed by atoms with Gasteiger partial charge in [-0.1, -0.05) is 0 Å². The molecule has 3 heteroatoms. The van der Waals surface area contributed by atoms with Gasteiger partial charge in [0, 0.05) is 0 Å². The molecule has 1 unspecified atom stereocenters. The Bertz CT molecular complexity index is 905. The van der Waals surface area contributed by atoms with Gasteiger partial charge in [0.2, 0.25) is 0 Å². The maximum atomic E-state index is 7.19. The van der Waals surface area contributed by atoms with Crippen LogP contribution in [-0.4, -0.2) is 0 Å². The molecule has 0 aromatic heterocycles. The fourth-order valence-corrected chi connectivity index (χ4v) is 12.7. The summed E-state index contributed by atoms with van der Waals surface area (Å²) < 4.78 is 1.05. The third-order valence-electron chi connectivity index (χ3n) is 5.05. The maximum absolute atomic E-state index is 7.19. The van der Waals surface area contributed by atoms with E-state index in [2.05, 4.69) is 74.5 Å². The summed E-state index contributed by atoms with van der Waals surface area (Å²) in [6.45, 7) is 4.31. The van der Waals surface area contributed by atoms with Crippen LogP contribution in [-0.2, 0) is 24.3 Å². The molecule has 0 aliphatic heterocycles. The molecular formula is C20H18Cl2Zr. The molecule has 0 saturated carbocycles. The van der Waals surface area contributed by atoms with Crippen LogP contribution in [0.3, 0.4) is 0 Å². The van der Waals surface area contributed by atoms with E-state index in [9.17, 15) is 0 Å². The average Bonchev–Trinajstić information content (AvgIpc) is 3.12. The van der Waals surface area contributed by atoms with E-state index in [1.54, 1.807) is 0 Å². The van der Waals surface area contributed by atoms with Crippen LogP contribution in [0.15, 0.2) is 66.3 Å². The predicted octanol–water partition coefficient (Wildman–Crippen LogP) is 6.89. The van der Waals surface area contributed by atoms with E-state index in [0.717, 1.165) is 6.42 Å². The van der Waals surface area contributed by atoms with Crippen LogP contribution in [0, 0.1) is 0 Å². The second-order valence-electron chi connectivity index (χ2n) is 6.72. The van der Waals surface area contributed by atoms with Crippen molar-refractivity contribution in [3.63, 3.8) is 0 Å². The first-order valence-corrected chi connectivity index (χ1v) is 16.7. The van der Waals surface area contributed by atoms with Crippen molar-refractivity contribution in [2.45, 2.75) is 23.4 Å². The number of benzene rings is 2. The van der Waals surface area contributed by atoms with Crippen molar-refractivity contribution in [2.24, 2.45) is 0 Å². The normalized spacial score (nSPS) is 23.1. The van der Waals surface area contributed by atoms with E-state index >= 15 is 0 Å². The van der Waals surface area contributed by atoms with Crippen molar-refractivity contribution in [3.05, 3.63) is 77.4 Å². The van der Waals surface area contributed by atoms with Crippen molar-refractivity contribution >= 4 is 31.1 Å². The van der Waals surface area contributed by atoms with Crippen LogP contribution >= 0.6 is 17.0 Å². The molecule has 2 aliphatic carbocycles. The molecule has 0 fully saturated rings. The van der Waals surface area contributed by atoms with Gasteiger partial charge in [-0.15, -0.1) is 0 Å². The summed E-state index contributed by atoms with van der Waals surface area (Å²) in [5.41, 5.74) is 3.91. The van der Waals surface area contributed by atoms with Gasteiger partial charge in [0.15, 0.2) is 0 Å². The Morgan fingerprint density at radius 3 is 2.61 bits per heavy atom. The Kier molecular flexibility index (Phi) is 3.76. The van der Waals surface area contributed by atoms with Crippen molar-refractivity contribution in [2.75, 3.05) is 0 Å². The van der Waals surface area contributed by atoms with Crippen LogP contribution in [0.1, 0.15) is 25.0 Å². The van der Waals surface area contributed by atoms with Gasteiger partial charge in [0.1, 0.15) is 0 Å². The monoisotopic (exact) mass is 418 g/mol. The Morgan fingerprint density at radius 1 is 1.09 bits per heavy atom. The molecule has 0 amide bonds. The summed E-state index contributed by atoms with van der Waals surface area (Å²) in [7, 11) is 14.4. The summed E-state index contributed by atoms with van der Waals surface area (Å²) in [5, 5.41) is 2.54. The van der Waals surface area contributed by atoms with E-state index in [1.807, 2.05) is 0 Å². The van der Waals surface area contributed by atoms with Gasteiger partial charge in [0.05, 0.1) is 0 Å². The number of hydrogen-bond donors (Lipinski definition) is 0. The Balaban J connectivity index is 1.91. The van der Waals surface area contributed by atoms with Crippen LogP contribution in [0.25, 0.3) is 14.1 Å². The van der Waals surface area contributed by atoms with Gasteiger partial charge in [-0.05, 0) is 0 Å². The first-order chi connectivity index (χ1) is 10.9. The van der Waals surface area contributed by atoms with Crippen LogP contribution in [0.5, 0.6) is 0 Å². The molecule has 0 nitrogen and oxygen atoms in total. The second kappa shape index (κ2) is 5.45. The van der Waals surface area contributed by atoms with Crippen molar-refractivity contribution in [1.29, 1.82) is 0 Å². The van der Waals surface area contributed by atoms with Crippen molar-refractivity contribution < 1.29 is 17.9 Å². The van der Waals surface area contributed by atoms with Crippen LogP contribution in [0.4, 0.5) is 0 Å². The fraction of sp³-hybridized carbons (Fsp3) is 0.200. The molecule has 0 bridgehead atoms. The minimum atomic E-state index is -3.62. The molecule has 1 atom stereocenters. The quantitative estimate of drug-likeness (QED) is 0.496.